The number of nitrogens with zero attached hydrogens (tertiary/aromatic N) is 3. The van der Waals surface area contributed by atoms with Crippen molar-refractivity contribution in [3.63, 3.8) is 0 Å². The summed E-state index contributed by atoms with van der Waals surface area (Å²) in [5.41, 5.74) is 29.7. The summed E-state index contributed by atoms with van der Waals surface area (Å²) in [5.74, 6) is 0. The predicted octanol–water partition coefficient (Wildman–Crippen LogP) is 19.4. The van der Waals surface area contributed by atoms with Crippen LogP contribution in [0.2, 0.25) is 13.1 Å². The maximum atomic E-state index is 7.98. The molecule has 0 N–H and O–H groups in total. The number of hydrogen-bond acceptors (Lipinski definition) is 5. The van der Waals surface area contributed by atoms with Crippen LogP contribution in [-0.4, -0.2) is 21.0 Å². The summed E-state index contributed by atoms with van der Waals surface area (Å²) in [7, 11) is -1.38. The first-order valence-corrected chi connectivity index (χ1v) is 37.4. The largest absolute Gasteiger partial charge is 0.468 e. The van der Waals surface area contributed by atoms with Crippen LogP contribution in [0.25, 0.3) is 21.9 Å². The molecule has 6 bridgehead atoms. The van der Waals surface area contributed by atoms with Crippen LogP contribution in [0.15, 0.2) is 93.8 Å². The standard InChI is InChI=1S/C81H96BN3O2Si/c1-72(2)28-29-74(5,6)53-36-46(22-24-51(53)72)83-62-38-48-39-63-67(62)82(70-68(83)49-40-54-56(43-64(49)86-70)77(11,12)32-30-75(54,7)8)71-69(50-41-55-57(44-65(50)87-71)78(13,14)33-31-76(55,9)10)84(63)47-23-25-52-58(37-47)79(15,35-34-73(52,3)4)60-42-61-59(45-66(60)88(18)19)80(16)26-20-21-27-81(80,17)85(48)61/h22-25,36-45,88H,20-21,26-35H2,1-19H3. The number of furan rings is 2. The van der Waals surface area contributed by atoms with E-state index in [4.69, 9.17) is 8.83 Å². The molecule has 8 aromatic rings. The van der Waals surface area contributed by atoms with Crippen molar-refractivity contribution < 1.29 is 8.83 Å². The lowest BCUT2D eigenvalue weighted by Crippen LogP contribution is -2.60. The van der Waals surface area contributed by atoms with Crippen LogP contribution < -0.4 is 36.7 Å². The molecule has 3 atom stereocenters. The Morgan fingerprint density at radius 1 is 0.375 bits per heavy atom. The second-order valence-electron chi connectivity index (χ2n) is 35.7. The fraction of sp³-hybridized carbons (Fsp3) is 0.506. The van der Waals surface area contributed by atoms with Crippen molar-refractivity contribution in [3.8, 4) is 0 Å². The van der Waals surface area contributed by atoms with Gasteiger partial charge >= 0.3 is 6.71 Å². The number of fused-ring (bicyclic) bond motifs is 21. The molecule has 454 valence electrons. The van der Waals surface area contributed by atoms with Gasteiger partial charge < -0.3 is 23.5 Å². The lowest BCUT2D eigenvalue weighted by atomic mass is 9.37. The summed E-state index contributed by atoms with van der Waals surface area (Å²) in [5, 5.41) is 4.07. The highest BCUT2D eigenvalue weighted by molar-refractivity contribution is 6.99. The number of hydrogen-bond donors (Lipinski definition) is 0. The molecule has 1 fully saturated rings. The van der Waals surface area contributed by atoms with E-state index in [9.17, 15) is 0 Å². The topological polar surface area (TPSA) is 36.0 Å². The Bertz CT molecular complexity index is 4460. The lowest BCUT2D eigenvalue weighted by molar-refractivity contribution is 0.195. The van der Waals surface area contributed by atoms with Crippen LogP contribution >= 0.6 is 0 Å². The first-order valence-electron chi connectivity index (χ1n) is 34.5. The van der Waals surface area contributed by atoms with Gasteiger partial charge in [0, 0.05) is 55.7 Å². The van der Waals surface area contributed by atoms with Crippen LogP contribution in [0.1, 0.15) is 250 Å². The van der Waals surface area contributed by atoms with E-state index < -0.39 is 8.80 Å². The fourth-order valence-corrected chi connectivity index (χ4v) is 22.0. The van der Waals surface area contributed by atoms with Gasteiger partial charge in [0.25, 0.3) is 0 Å². The summed E-state index contributed by atoms with van der Waals surface area (Å²) >= 11 is 0. The van der Waals surface area contributed by atoms with Gasteiger partial charge in [-0.25, -0.2) is 0 Å². The van der Waals surface area contributed by atoms with E-state index in [0.29, 0.717) is 0 Å². The Balaban J connectivity index is 1.07. The molecule has 0 saturated heterocycles. The molecule has 5 aliphatic carbocycles. The molecule has 1 saturated carbocycles. The van der Waals surface area contributed by atoms with Crippen LogP contribution in [0.3, 0.4) is 0 Å². The summed E-state index contributed by atoms with van der Waals surface area (Å²) in [6.45, 7) is 47.7. The molecular weight excluding hydrogens is 1090 g/mol. The van der Waals surface area contributed by atoms with Gasteiger partial charge in [-0.2, -0.15) is 0 Å². The highest BCUT2D eigenvalue weighted by Gasteiger charge is 2.60. The van der Waals surface area contributed by atoms with E-state index in [1.807, 2.05) is 0 Å². The minimum absolute atomic E-state index is 0.00300. The third-order valence-corrected chi connectivity index (χ3v) is 28.6. The van der Waals surface area contributed by atoms with Gasteiger partial charge in [-0.15, -0.1) is 0 Å². The highest BCUT2D eigenvalue weighted by Crippen LogP contribution is 2.65. The normalized spacial score (nSPS) is 26.8. The second kappa shape index (κ2) is 17.0. The Morgan fingerprint density at radius 2 is 0.795 bits per heavy atom. The monoisotopic (exact) mass is 1180 g/mol. The van der Waals surface area contributed by atoms with Gasteiger partial charge in [0.2, 0.25) is 0 Å². The van der Waals surface area contributed by atoms with Crippen molar-refractivity contribution in [1.82, 2.24) is 0 Å². The Morgan fingerprint density at radius 3 is 1.28 bits per heavy atom. The second-order valence-corrected chi connectivity index (χ2v) is 38.6. The van der Waals surface area contributed by atoms with Gasteiger partial charge in [-0.3, -0.25) is 0 Å². The zero-order chi connectivity index (χ0) is 61.7. The van der Waals surface area contributed by atoms with Crippen LogP contribution in [0.5, 0.6) is 0 Å². The first-order chi connectivity index (χ1) is 41.2. The number of benzene rings is 6. The fourth-order valence-electron chi connectivity index (χ4n) is 20.4. The molecule has 5 nitrogen and oxygen atoms in total. The van der Waals surface area contributed by atoms with Gasteiger partial charge in [0.15, 0.2) is 0 Å². The van der Waals surface area contributed by atoms with E-state index in [1.54, 1.807) is 16.3 Å². The number of rotatable bonds is 2. The molecule has 2 aromatic heterocycles. The van der Waals surface area contributed by atoms with Crippen LogP contribution in [0.4, 0.5) is 45.5 Å². The highest BCUT2D eigenvalue weighted by atomic mass is 28.3. The maximum Gasteiger partial charge on any atom is 0.342 e. The summed E-state index contributed by atoms with van der Waals surface area (Å²) in [4.78, 5) is 8.44. The van der Waals surface area contributed by atoms with E-state index in [0.717, 1.165) is 73.9 Å². The lowest BCUT2D eigenvalue weighted by Gasteiger charge is -2.51. The summed E-state index contributed by atoms with van der Waals surface area (Å²) in [6, 6.07) is 36.6. The molecular formula is C81H96BN3O2Si. The van der Waals surface area contributed by atoms with E-state index in [-0.39, 0.29) is 61.0 Å². The van der Waals surface area contributed by atoms with Crippen molar-refractivity contribution in [2.75, 3.05) is 14.7 Å². The zero-order valence-electron chi connectivity index (χ0n) is 56.9. The number of anilines is 8. The Hall–Kier alpha value is -5.92. The predicted molar refractivity (Wildman–Crippen MR) is 376 cm³/mol. The van der Waals surface area contributed by atoms with Crippen molar-refractivity contribution in [2.45, 2.75) is 262 Å². The molecule has 17 rings (SSSR count). The smallest absolute Gasteiger partial charge is 0.342 e. The summed E-state index contributed by atoms with van der Waals surface area (Å²) < 4.78 is 15.9. The molecule has 0 amide bonds. The molecule has 3 unspecified atom stereocenters. The molecule has 88 heavy (non-hydrogen) atoms. The van der Waals surface area contributed by atoms with Gasteiger partial charge in [0.05, 0.1) is 25.7 Å². The molecule has 7 heteroatoms. The minimum atomic E-state index is -1.38. The Labute approximate surface area is 528 Å². The molecule has 6 aromatic carbocycles. The van der Waals surface area contributed by atoms with Gasteiger partial charge in [-0.1, -0.05) is 160 Å². The van der Waals surface area contributed by atoms with Gasteiger partial charge in [-0.05, 0) is 237 Å². The van der Waals surface area contributed by atoms with E-state index in [1.165, 1.54) is 132 Å². The average molecular weight is 1180 g/mol. The quantitative estimate of drug-likeness (QED) is 0.161. The van der Waals surface area contributed by atoms with E-state index in [2.05, 4.69) is 230 Å². The molecule has 0 spiro atoms. The minimum Gasteiger partial charge on any atom is -0.468 e. The third kappa shape index (κ3) is 6.97. The Kier molecular flexibility index (Phi) is 10.8. The van der Waals surface area contributed by atoms with Crippen LogP contribution in [-0.2, 0) is 48.7 Å². The molecule has 0 radical (unpaired) electrons. The summed E-state index contributed by atoms with van der Waals surface area (Å²) in [6.07, 6.45) is 13.9. The SMILES string of the molecule is C[SiH](C)c1cc2c3cc1C1(C)CCC(C)(C)c4ccc(cc41)N1c4cc(cc5c4B(c4oc6cc7c(cc6c4N5c4ccc5c(c4)C(C)(C)CCC5(C)C)C(C)(C)CCC7(C)C)c4oc5cc6c(cc5c41)C(C)(C)CCC6(C)C)N3C1(C)CCCCC21C. The van der Waals surface area contributed by atoms with Crippen LogP contribution in [0, 0.1) is 0 Å². The van der Waals surface area contributed by atoms with Crippen molar-refractivity contribution >= 4 is 105 Å². The molecule has 6 heterocycles. The van der Waals surface area contributed by atoms with Crippen molar-refractivity contribution in [3.05, 3.63) is 141 Å². The zero-order valence-corrected chi connectivity index (χ0v) is 58.0. The first kappa shape index (κ1) is 56.1. The van der Waals surface area contributed by atoms with E-state index >= 15 is 0 Å². The average Bonchev–Trinajstić information content (AvgIpc) is 1.50. The molecule has 9 aliphatic rings. The van der Waals surface area contributed by atoms with Gasteiger partial charge in [0.1, 0.15) is 22.5 Å². The maximum absolute atomic E-state index is 7.98. The third-order valence-electron chi connectivity index (χ3n) is 26.9. The molecule has 4 aliphatic heterocycles. The van der Waals surface area contributed by atoms with Crippen molar-refractivity contribution in [1.29, 1.82) is 0 Å². The van der Waals surface area contributed by atoms with Crippen molar-refractivity contribution in [2.24, 2.45) is 0 Å².